The Morgan fingerprint density at radius 3 is 2.39 bits per heavy atom. The topological polar surface area (TPSA) is 77.1 Å². The van der Waals surface area contributed by atoms with Crippen LogP contribution >= 0.6 is 0 Å². The van der Waals surface area contributed by atoms with E-state index in [1.807, 2.05) is 0 Å². The zero-order valence-electron chi connectivity index (χ0n) is 14.2. The van der Waals surface area contributed by atoms with Crippen molar-refractivity contribution in [3.05, 3.63) is 24.1 Å². The highest BCUT2D eigenvalue weighted by atomic mass is 16.5. The summed E-state index contributed by atoms with van der Waals surface area (Å²) in [5.41, 5.74) is 0.593. The van der Waals surface area contributed by atoms with Gasteiger partial charge in [-0.2, -0.15) is 0 Å². The predicted molar refractivity (Wildman–Crippen MR) is 82.8 cm³/mol. The second-order valence-corrected chi connectivity index (χ2v) is 5.80. The molecule has 0 amide bonds. The minimum absolute atomic E-state index is 0.224. The Morgan fingerprint density at radius 2 is 1.83 bits per heavy atom. The molecule has 0 aromatic carbocycles. The lowest BCUT2D eigenvalue weighted by molar-refractivity contribution is -0.169. The molecule has 0 saturated carbocycles. The largest absolute Gasteiger partial charge is 0.499 e. The number of hydrazine groups is 1. The number of fused-ring (bicyclic) bond motifs is 1. The van der Waals surface area contributed by atoms with Crippen LogP contribution in [0.25, 0.3) is 0 Å². The quantitative estimate of drug-likeness (QED) is 0.759. The minimum atomic E-state index is -1.29. The molecular formula is C16H24N2O5. The van der Waals surface area contributed by atoms with Crippen molar-refractivity contribution in [1.82, 2.24) is 10.4 Å². The van der Waals surface area contributed by atoms with Gasteiger partial charge in [0.15, 0.2) is 0 Å². The normalized spacial score (nSPS) is 32.1. The number of methoxy groups -OCH3 is 1. The highest BCUT2D eigenvalue weighted by Gasteiger charge is 2.69. The van der Waals surface area contributed by atoms with Gasteiger partial charge in [0, 0.05) is 6.20 Å². The van der Waals surface area contributed by atoms with Crippen molar-refractivity contribution in [3.63, 3.8) is 0 Å². The summed E-state index contributed by atoms with van der Waals surface area (Å²) in [5.74, 6) is -0.411. The van der Waals surface area contributed by atoms with Gasteiger partial charge < -0.3 is 19.2 Å². The number of rotatable bonds is 5. The van der Waals surface area contributed by atoms with E-state index in [0.29, 0.717) is 5.76 Å². The van der Waals surface area contributed by atoms with Gasteiger partial charge in [0.25, 0.3) is 0 Å². The third-order valence-electron chi connectivity index (χ3n) is 4.61. The lowest BCUT2D eigenvalue weighted by Crippen LogP contribution is -2.61. The molecule has 0 aromatic heterocycles. The molecule has 3 atom stereocenters. The van der Waals surface area contributed by atoms with Gasteiger partial charge >= 0.3 is 11.9 Å². The van der Waals surface area contributed by atoms with E-state index < -0.39 is 28.9 Å². The zero-order valence-corrected chi connectivity index (χ0v) is 14.2. The van der Waals surface area contributed by atoms with Crippen LogP contribution in [0, 0.1) is 5.41 Å². The Morgan fingerprint density at radius 1 is 1.22 bits per heavy atom. The average Bonchev–Trinajstić information content (AvgIpc) is 2.78. The van der Waals surface area contributed by atoms with Crippen LogP contribution in [-0.2, 0) is 23.8 Å². The van der Waals surface area contributed by atoms with Crippen molar-refractivity contribution in [2.45, 2.75) is 39.3 Å². The fraction of sp³-hybridized carbons (Fsp3) is 0.625. The molecular weight excluding hydrogens is 300 g/mol. The maximum atomic E-state index is 12.8. The number of esters is 2. The molecule has 3 unspecified atom stereocenters. The molecule has 2 aliphatic heterocycles. The third kappa shape index (κ3) is 2.39. The summed E-state index contributed by atoms with van der Waals surface area (Å²) in [5, 5.41) is 1.70. The first-order chi connectivity index (χ1) is 10.9. The first-order valence-corrected chi connectivity index (χ1v) is 7.69. The number of carbonyl (C=O) groups is 2. The summed E-state index contributed by atoms with van der Waals surface area (Å²) < 4.78 is 15.9. The number of ether oxygens (including phenoxy) is 3. The number of hydrogen-bond donors (Lipinski definition) is 1. The monoisotopic (exact) mass is 324 g/mol. The predicted octanol–water partition coefficient (Wildman–Crippen LogP) is 1.12. The Hall–Kier alpha value is -2.02. The summed E-state index contributed by atoms with van der Waals surface area (Å²) >= 11 is 0. The highest BCUT2D eigenvalue weighted by Crippen LogP contribution is 2.48. The van der Waals surface area contributed by atoms with E-state index in [1.165, 1.54) is 7.11 Å². The summed E-state index contributed by atoms with van der Waals surface area (Å²) in [6.45, 7) is 7.26. The summed E-state index contributed by atoms with van der Waals surface area (Å²) in [6.07, 6.45) is 5.32. The van der Waals surface area contributed by atoms with Crippen molar-refractivity contribution in [1.29, 1.82) is 0 Å². The van der Waals surface area contributed by atoms with E-state index in [9.17, 15) is 9.59 Å². The van der Waals surface area contributed by atoms with Crippen LogP contribution in [-0.4, -0.2) is 48.9 Å². The van der Waals surface area contributed by atoms with Crippen molar-refractivity contribution in [2.75, 3.05) is 20.3 Å². The van der Waals surface area contributed by atoms with Crippen LogP contribution in [0.5, 0.6) is 0 Å². The van der Waals surface area contributed by atoms with Crippen molar-refractivity contribution in [3.8, 4) is 0 Å². The van der Waals surface area contributed by atoms with Gasteiger partial charge in [0.2, 0.25) is 0 Å². The van der Waals surface area contributed by atoms with Gasteiger partial charge in [-0.05, 0) is 39.8 Å². The second-order valence-electron chi connectivity index (χ2n) is 5.80. The zero-order chi connectivity index (χ0) is 17.3. The summed E-state index contributed by atoms with van der Waals surface area (Å²) in [6, 6.07) is -0.508. The molecule has 2 heterocycles. The maximum Gasteiger partial charge on any atom is 0.329 e. The van der Waals surface area contributed by atoms with Crippen LogP contribution in [0.2, 0.25) is 0 Å². The van der Waals surface area contributed by atoms with Gasteiger partial charge in [0.1, 0.15) is 22.8 Å². The summed E-state index contributed by atoms with van der Waals surface area (Å²) in [4.78, 5) is 25.4. The second kappa shape index (κ2) is 6.23. The molecule has 0 aromatic rings. The molecule has 1 fully saturated rings. The van der Waals surface area contributed by atoms with Crippen LogP contribution in [0.1, 0.15) is 27.7 Å². The van der Waals surface area contributed by atoms with Crippen molar-refractivity contribution < 1.29 is 23.8 Å². The smallest absolute Gasteiger partial charge is 0.329 e. The van der Waals surface area contributed by atoms with Crippen molar-refractivity contribution >= 4 is 11.9 Å². The molecule has 128 valence electrons. The fourth-order valence-corrected chi connectivity index (χ4v) is 3.17. The molecule has 2 aliphatic rings. The number of carbonyl (C=O) groups excluding carboxylic acids is 2. The Balaban J connectivity index is 2.55. The molecule has 0 radical (unpaired) electrons. The average molecular weight is 324 g/mol. The first-order valence-electron chi connectivity index (χ1n) is 7.69. The van der Waals surface area contributed by atoms with Crippen LogP contribution < -0.4 is 5.43 Å². The van der Waals surface area contributed by atoms with Gasteiger partial charge in [0.05, 0.1) is 20.3 Å². The Labute approximate surface area is 136 Å². The van der Waals surface area contributed by atoms with E-state index in [4.69, 9.17) is 14.2 Å². The lowest BCUT2D eigenvalue weighted by Gasteiger charge is -2.38. The number of allylic oxidation sites excluding steroid dienone is 2. The van der Waals surface area contributed by atoms with E-state index in [2.05, 4.69) is 5.43 Å². The van der Waals surface area contributed by atoms with E-state index in [1.54, 1.807) is 51.1 Å². The standard InChI is InChI=1S/C16H24N2O5/c1-6-22-13(19)15(3)12-11(21-5)9-8-10-18(12)17-16(15,4)14(20)23-7-2/h8-10,12,17H,6-7H2,1-5H3. The van der Waals surface area contributed by atoms with Crippen LogP contribution in [0.3, 0.4) is 0 Å². The van der Waals surface area contributed by atoms with Gasteiger partial charge in [-0.25, -0.2) is 10.2 Å². The molecule has 1 N–H and O–H groups in total. The number of hydrogen-bond acceptors (Lipinski definition) is 7. The van der Waals surface area contributed by atoms with E-state index >= 15 is 0 Å². The van der Waals surface area contributed by atoms with Crippen LogP contribution in [0.4, 0.5) is 0 Å². The molecule has 0 aliphatic carbocycles. The molecule has 0 spiro atoms. The molecule has 0 bridgehead atoms. The molecule has 7 heteroatoms. The third-order valence-corrected chi connectivity index (χ3v) is 4.61. The summed E-state index contributed by atoms with van der Waals surface area (Å²) in [7, 11) is 1.54. The Bertz CT molecular complexity index is 559. The molecule has 2 rings (SSSR count). The lowest BCUT2D eigenvalue weighted by atomic mass is 9.67. The van der Waals surface area contributed by atoms with Gasteiger partial charge in [-0.1, -0.05) is 0 Å². The molecule has 23 heavy (non-hydrogen) atoms. The number of nitrogens with one attached hydrogen (secondary N) is 1. The Kier molecular flexibility index (Phi) is 4.70. The highest BCUT2D eigenvalue weighted by molar-refractivity contribution is 5.93. The first kappa shape index (κ1) is 17.3. The van der Waals surface area contributed by atoms with E-state index in [0.717, 1.165) is 0 Å². The SMILES string of the molecule is CCOC(=O)C1(C)NN2C=CC=C(OC)C2C1(C)C(=O)OCC. The fourth-order valence-electron chi connectivity index (χ4n) is 3.17. The van der Waals surface area contributed by atoms with Gasteiger partial charge in [-0.3, -0.25) is 4.79 Å². The molecule has 7 nitrogen and oxygen atoms in total. The maximum absolute atomic E-state index is 12.8. The van der Waals surface area contributed by atoms with E-state index in [-0.39, 0.29) is 13.2 Å². The minimum Gasteiger partial charge on any atom is -0.499 e. The van der Waals surface area contributed by atoms with Crippen LogP contribution in [0.15, 0.2) is 24.1 Å². The van der Waals surface area contributed by atoms with Crippen molar-refractivity contribution in [2.24, 2.45) is 5.41 Å². The molecule has 1 saturated heterocycles. The van der Waals surface area contributed by atoms with Gasteiger partial charge in [-0.15, -0.1) is 0 Å². The number of nitrogens with zero attached hydrogens (tertiary/aromatic N) is 1.